The van der Waals surface area contributed by atoms with Gasteiger partial charge in [0.1, 0.15) is 0 Å². The number of hydrogen-bond donors (Lipinski definition) is 0. The molecule has 0 heterocycles. The predicted molar refractivity (Wildman–Crippen MR) is 147 cm³/mol. The first-order valence-electron chi connectivity index (χ1n) is 11.7. The Morgan fingerprint density at radius 1 is 0.441 bits per heavy atom. The summed E-state index contributed by atoms with van der Waals surface area (Å²) in [5, 5.41) is 5.07. The molecule has 0 N–H and O–H groups in total. The minimum atomic E-state index is 1.21. The van der Waals surface area contributed by atoms with E-state index < -0.39 is 0 Å². The Morgan fingerprint density at radius 2 is 0.971 bits per heavy atom. The molecule has 34 heavy (non-hydrogen) atoms. The maximum Gasteiger partial charge on any atom is -0.00324 e. The average molecular weight is 433 g/mol. The average Bonchev–Trinajstić information content (AvgIpc) is 2.92. The van der Waals surface area contributed by atoms with E-state index in [-0.39, 0.29) is 0 Å². The Morgan fingerprint density at radius 3 is 1.59 bits per heavy atom. The highest BCUT2D eigenvalue weighted by Crippen LogP contribution is 2.37. The Balaban J connectivity index is 1.67. The van der Waals surface area contributed by atoms with Crippen molar-refractivity contribution in [3.05, 3.63) is 156 Å². The molecule has 160 valence electrons. The molecule has 0 amide bonds. The van der Waals surface area contributed by atoms with Crippen LogP contribution in [0.5, 0.6) is 0 Å². The molecule has 0 aliphatic carbocycles. The molecule has 0 heteroatoms. The minimum Gasteiger partial charge on any atom is -0.0622 e. The number of benzene rings is 6. The zero-order chi connectivity index (χ0) is 22.7. The third-order valence-electron chi connectivity index (χ3n) is 6.45. The van der Waals surface area contributed by atoms with Crippen molar-refractivity contribution in [1.82, 2.24) is 0 Å². The molecule has 0 fully saturated rings. The topological polar surface area (TPSA) is 0 Å². The molecule has 0 aliphatic heterocycles. The minimum absolute atomic E-state index is 1.21. The Labute approximate surface area is 200 Å². The quantitative estimate of drug-likeness (QED) is 0.192. The molecule has 0 saturated carbocycles. The van der Waals surface area contributed by atoms with Gasteiger partial charge in [-0.3, -0.25) is 0 Å². The van der Waals surface area contributed by atoms with Gasteiger partial charge in [-0.2, -0.15) is 0 Å². The van der Waals surface area contributed by atoms with Gasteiger partial charge in [0.05, 0.1) is 0 Å². The molecule has 6 rings (SSSR count). The van der Waals surface area contributed by atoms with E-state index in [9.17, 15) is 0 Å². The molecule has 0 aromatic heterocycles. The van der Waals surface area contributed by atoms with Crippen molar-refractivity contribution < 1.29 is 0 Å². The molecule has 0 unspecified atom stereocenters. The Bertz CT molecular complexity index is 1570. The van der Waals surface area contributed by atoms with Crippen LogP contribution in [0.1, 0.15) is 16.7 Å². The van der Waals surface area contributed by atoms with E-state index in [1.54, 1.807) is 0 Å². The summed E-state index contributed by atoms with van der Waals surface area (Å²) in [6, 6.07) is 49.9. The van der Waals surface area contributed by atoms with Crippen LogP contribution in [0, 0.1) is 0 Å². The van der Waals surface area contributed by atoms with Gasteiger partial charge >= 0.3 is 0 Å². The summed E-state index contributed by atoms with van der Waals surface area (Å²) >= 11 is 0. The van der Waals surface area contributed by atoms with E-state index >= 15 is 0 Å². The maximum absolute atomic E-state index is 2.35. The second-order valence-corrected chi connectivity index (χ2v) is 8.61. The van der Waals surface area contributed by atoms with Gasteiger partial charge < -0.3 is 0 Å². The molecular weight excluding hydrogens is 408 g/mol. The first kappa shape index (κ1) is 20.2. The first-order chi connectivity index (χ1) is 16.9. The van der Waals surface area contributed by atoms with E-state index in [1.807, 2.05) is 0 Å². The molecule has 0 aliphatic rings. The van der Waals surface area contributed by atoms with Gasteiger partial charge in [-0.1, -0.05) is 127 Å². The summed E-state index contributed by atoms with van der Waals surface area (Å²) in [5.74, 6) is 0. The lowest BCUT2D eigenvalue weighted by atomic mass is 9.89. The van der Waals surface area contributed by atoms with Crippen molar-refractivity contribution in [3.63, 3.8) is 0 Å². The zero-order valence-electron chi connectivity index (χ0n) is 18.9. The van der Waals surface area contributed by atoms with Gasteiger partial charge in [-0.15, -0.1) is 0 Å². The van der Waals surface area contributed by atoms with Crippen LogP contribution in [0.15, 0.2) is 140 Å². The summed E-state index contributed by atoms with van der Waals surface area (Å²) in [6.07, 6.45) is 2.35. The normalized spacial score (nSPS) is 10.9. The summed E-state index contributed by atoms with van der Waals surface area (Å²) in [5.41, 5.74) is 7.37. The largest absolute Gasteiger partial charge is 0.0622 e. The SMILES string of the molecule is C(=C(c1ccccc1)c1ccccc1)c1ccc2cc3ccccc3cc2c1-c1ccccc1. The molecule has 0 saturated heterocycles. The fraction of sp³-hybridized carbons (Fsp3) is 0. The van der Waals surface area contributed by atoms with Crippen molar-refractivity contribution in [2.75, 3.05) is 0 Å². The summed E-state index contributed by atoms with van der Waals surface area (Å²) in [7, 11) is 0. The fourth-order valence-electron chi connectivity index (χ4n) is 4.80. The molecule has 0 atom stereocenters. The lowest BCUT2D eigenvalue weighted by molar-refractivity contribution is 1.55. The first-order valence-corrected chi connectivity index (χ1v) is 11.7. The van der Waals surface area contributed by atoms with Gasteiger partial charge in [0.15, 0.2) is 0 Å². The van der Waals surface area contributed by atoms with Crippen LogP contribution in [-0.4, -0.2) is 0 Å². The monoisotopic (exact) mass is 432 g/mol. The van der Waals surface area contributed by atoms with Gasteiger partial charge in [-0.05, 0) is 73.1 Å². The third kappa shape index (κ3) is 3.80. The highest BCUT2D eigenvalue weighted by Gasteiger charge is 2.12. The van der Waals surface area contributed by atoms with E-state index in [4.69, 9.17) is 0 Å². The standard InChI is InChI=1S/C34H24/c1-4-12-25(13-5-1)32(26-14-6-2-7-15-26)24-31-21-20-30-22-28-18-10-11-19-29(28)23-33(30)34(31)27-16-8-3-9-17-27/h1-24H. The van der Waals surface area contributed by atoms with Crippen LogP contribution in [0.4, 0.5) is 0 Å². The van der Waals surface area contributed by atoms with Crippen molar-refractivity contribution in [3.8, 4) is 11.1 Å². The second-order valence-electron chi connectivity index (χ2n) is 8.61. The van der Waals surface area contributed by atoms with E-state index in [2.05, 4.69) is 146 Å². The fourth-order valence-corrected chi connectivity index (χ4v) is 4.80. The van der Waals surface area contributed by atoms with Crippen molar-refractivity contribution >= 4 is 33.2 Å². The predicted octanol–water partition coefficient (Wildman–Crippen LogP) is 9.25. The van der Waals surface area contributed by atoms with Crippen LogP contribution in [0.2, 0.25) is 0 Å². The molecule has 0 bridgehead atoms. The second kappa shape index (κ2) is 8.84. The summed E-state index contributed by atoms with van der Waals surface area (Å²) < 4.78 is 0. The Kier molecular flexibility index (Phi) is 5.26. The zero-order valence-corrected chi connectivity index (χ0v) is 18.9. The van der Waals surface area contributed by atoms with Crippen LogP contribution in [0.3, 0.4) is 0 Å². The number of hydrogen-bond acceptors (Lipinski definition) is 0. The summed E-state index contributed by atoms with van der Waals surface area (Å²) in [6.45, 7) is 0. The molecule has 0 radical (unpaired) electrons. The van der Waals surface area contributed by atoms with Gasteiger partial charge in [0.25, 0.3) is 0 Å². The van der Waals surface area contributed by atoms with Crippen molar-refractivity contribution in [1.29, 1.82) is 0 Å². The molecule has 6 aromatic carbocycles. The highest BCUT2D eigenvalue weighted by atomic mass is 14.2. The van der Waals surface area contributed by atoms with Crippen molar-refractivity contribution in [2.24, 2.45) is 0 Å². The lowest BCUT2D eigenvalue weighted by Crippen LogP contribution is -1.91. The van der Waals surface area contributed by atoms with Gasteiger partial charge in [-0.25, -0.2) is 0 Å². The molecular formula is C34H24. The van der Waals surface area contributed by atoms with Gasteiger partial charge in [0.2, 0.25) is 0 Å². The number of fused-ring (bicyclic) bond motifs is 2. The maximum atomic E-state index is 2.35. The molecule has 6 aromatic rings. The Hall–Kier alpha value is -4.42. The van der Waals surface area contributed by atoms with Gasteiger partial charge in [0, 0.05) is 0 Å². The van der Waals surface area contributed by atoms with E-state index in [0.717, 1.165) is 0 Å². The molecule has 0 nitrogen and oxygen atoms in total. The van der Waals surface area contributed by atoms with Crippen LogP contribution in [0.25, 0.3) is 44.3 Å². The van der Waals surface area contributed by atoms with Crippen LogP contribution < -0.4 is 0 Å². The van der Waals surface area contributed by atoms with Crippen LogP contribution in [-0.2, 0) is 0 Å². The lowest BCUT2D eigenvalue weighted by Gasteiger charge is -2.15. The number of rotatable bonds is 4. The van der Waals surface area contributed by atoms with E-state index in [0.29, 0.717) is 0 Å². The molecule has 0 spiro atoms. The smallest absolute Gasteiger partial charge is 0.00324 e. The van der Waals surface area contributed by atoms with Crippen LogP contribution >= 0.6 is 0 Å². The third-order valence-corrected chi connectivity index (χ3v) is 6.45. The van der Waals surface area contributed by atoms with Crippen molar-refractivity contribution in [2.45, 2.75) is 0 Å². The highest BCUT2D eigenvalue weighted by molar-refractivity contribution is 6.08. The summed E-state index contributed by atoms with van der Waals surface area (Å²) in [4.78, 5) is 0. The van der Waals surface area contributed by atoms with E-state index in [1.165, 1.54) is 54.9 Å².